The zero-order chi connectivity index (χ0) is 8.97. The largest absolute Gasteiger partial charge is 0.481 e. The van der Waals surface area contributed by atoms with Crippen LogP contribution in [0, 0.1) is 0 Å². The summed E-state index contributed by atoms with van der Waals surface area (Å²) in [5.41, 5.74) is 0. The minimum Gasteiger partial charge on any atom is -0.481 e. The Kier molecular flexibility index (Phi) is 3.03. The van der Waals surface area contributed by atoms with Crippen LogP contribution in [0.5, 0.6) is 0 Å². The highest BCUT2D eigenvalue weighted by Crippen LogP contribution is 2.05. The van der Waals surface area contributed by atoms with Crippen molar-refractivity contribution in [1.82, 2.24) is 20.2 Å². The van der Waals surface area contributed by atoms with Crippen molar-refractivity contribution >= 4 is 17.7 Å². The molecule has 1 heterocycles. The predicted molar refractivity (Wildman–Crippen MR) is 42.6 cm³/mol. The van der Waals surface area contributed by atoms with Crippen LogP contribution in [0.25, 0.3) is 0 Å². The van der Waals surface area contributed by atoms with Crippen LogP contribution in [0.4, 0.5) is 0 Å². The smallest absolute Gasteiger partial charge is 0.313 e. The number of tetrazole rings is 1. The standard InChI is InChI=1S/C5H8N4O2S/c1-9-7-4(6-8-9)2-12-3-5(10)11/h2-3H2,1H3,(H,10,11). The lowest BCUT2D eigenvalue weighted by atomic mass is 10.7. The van der Waals surface area contributed by atoms with Gasteiger partial charge < -0.3 is 5.11 Å². The van der Waals surface area contributed by atoms with E-state index in [2.05, 4.69) is 15.4 Å². The fourth-order valence-electron chi connectivity index (χ4n) is 0.611. The molecular weight excluding hydrogens is 180 g/mol. The highest BCUT2D eigenvalue weighted by Gasteiger charge is 2.02. The molecule has 0 bridgehead atoms. The maximum Gasteiger partial charge on any atom is 0.313 e. The van der Waals surface area contributed by atoms with Crippen molar-refractivity contribution < 1.29 is 9.90 Å². The lowest BCUT2D eigenvalue weighted by molar-refractivity contribution is -0.133. The number of aliphatic carboxylic acids is 1. The Morgan fingerprint density at radius 3 is 3.00 bits per heavy atom. The Balaban J connectivity index is 2.29. The minimum absolute atomic E-state index is 0.0677. The number of carboxylic acids is 1. The van der Waals surface area contributed by atoms with Crippen LogP contribution >= 0.6 is 11.8 Å². The van der Waals surface area contributed by atoms with Gasteiger partial charge in [0.25, 0.3) is 0 Å². The first kappa shape index (κ1) is 8.98. The Hall–Kier alpha value is -1.11. The summed E-state index contributed by atoms with van der Waals surface area (Å²) in [7, 11) is 1.67. The average molecular weight is 188 g/mol. The highest BCUT2D eigenvalue weighted by atomic mass is 32.2. The van der Waals surface area contributed by atoms with Gasteiger partial charge in [-0.15, -0.1) is 22.0 Å². The molecule has 0 unspecified atom stereocenters. The van der Waals surface area contributed by atoms with E-state index in [-0.39, 0.29) is 5.75 Å². The van der Waals surface area contributed by atoms with E-state index in [1.807, 2.05) is 0 Å². The monoisotopic (exact) mass is 188 g/mol. The highest BCUT2D eigenvalue weighted by molar-refractivity contribution is 7.99. The van der Waals surface area contributed by atoms with Crippen LogP contribution in [0.1, 0.15) is 5.82 Å². The van der Waals surface area contributed by atoms with Crippen LogP contribution < -0.4 is 0 Å². The molecule has 0 radical (unpaired) electrons. The van der Waals surface area contributed by atoms with Crippen LogP contribution in [0.15, 0.2) is 0 Å². The first-order valence-corrected chi connectivity index (χ1v) is 4.36. The van der Waals surface area contributed by atoms with Crippen molar-refractivity contribution in [3.8, 4) is 0 Å². The van der Waals surface area contributed by atoms with Gasteiger partial charge in [0.1, 0.15) is 0 Å². The number of rotatable bonds is 4. The van der Waals surface area contributed by atoms with E-state index in [9.17, 15) is 4.79 Å². The van der Waals surface area contributed by atoms with Crippen molar-refractivity contribution in [3.63, 3.8) is 0 Å². The van der Waals surface area contributed by atoms with Crippen molar-refractivity contribution in [2.45, 2.75) is 5.75 Å². The molecular formula is C5H8N4O2S. The molecule has 0 aromatic carbocycles. The Morgan fingerprint density at radius 1 is 1.75 bits per heavy atom. The average Bonchev–Trinajstić information content (AvgIpc) is 2.35. The first-order valence-electron chi connectivity index (χ1n) is 3.21. The molecule has 0 spiro atoms. The van der Waals surface area contributed by atoms with E-state index in [1.54, 1.807) is 7.05 Å². The second-order valence-electron chi connectivity index (χ2n) is 2.08. The van der Waals surface area contributed by atoms with Crippen LogP contribution in [0.3, 0.4) is 0 Å². The van der Waals surface area contributed by atoms with Gasteiger partial charge in [0, 0.05) is 0 Å². The quantitative estimate of drug-likeness (QED) is 0.687. The van der Waals surface area contributed by atoms with E-state index >= 15 is 0 Å². The summed E-state index contributed by atoms with van der Waals surface area (Å²) < 4.78 is 0. The number of hydrogen-bond donors (Lipinski definition) is 1. The summed E-state index contributed by atoms with van der Waals surface area (Å²) >= 11 is 1.25. The van der Waals surface area contributed by atoms with Gasteiger partial charge in [-0.05, 0) is 5.21 Å². The van der Waals surface area contributed by atoms with Crippen molar-refractivity contribution in [2.24, 2.45) is 7.05 Å². The maximum atomic E-state index is 10.1. The van der Waals surface area contributed by atoms with E-state index in [0.29, 0.717) is 11.6 Å². The zero-order valence-electron chi connectivity index (χ0n) is 6.47. The van der Waals surface area contributed by atoms with Crippen LogP contribution in [-0.4, -0.2) is 37.0 Å². The molecule has 0 aliphatic heterocycles. The Morgan fingerprint density at radius 2 is 2.50 bits per heavy atom. The number of nitrogens with zero attached hydrogens (tertiary/aromatic N) is 4. The van der Waals surface area contributed by atoms with E-state index in [0.717, 1.165) is 0 Å². The number of carboxylic acid groups (broad SMARTS) is 1. The van der Waals surface area contributed by atoms with Crippen molar-refractivity contribution in [1.29, 1.82) is 0 Å². The molecule has 1 aromatic rings. The SMILES string of the molecule is Cn1nnc(CSCC(=O)O)n1. The Bertz CT molecular complexity index is 274. The van der Waals surface area contributed by atoms with Gasteiger partial charge in [-0.25, -0.2) is 0 Å². The van der Waals surface area contributed by atoms with Crippen molar-refractivity contribution in [3.05, 3.63) is 5.82 Å². The second-order valence-corrected chi connectivity index (χ2v) is 3.07. The third-order valence-electron chi connectivity index (χ3n) is 1.01. The molecule has 0 saturated carbocycles. The molecule has 1 N–H and O–H groups in total. The van der Waals surface area contributed by atoms with Gasteiger partial charge in [-0.1, -0.05) is 0 Å². The lowest BCUT2D eigenvalue weighted by Gasteiger charge is -1.90. The van der Waals surface area contributed by atoms with Gasteiger partial charge in [0.15, 0.2) is 5.82 Å². The van der Waals surface area contributed by atoms with E-state index in [4.69, 9.17) is 5.11 Å². The number of carbonyl (C=O) groups is 1. The summed E-state index contributed by atoms with van der Waals surface area (Å²) in [6, 6.07) is 0. The number of aryl methyl sites for hydroxylation is 1. The van der Waals surface area contributed by atoms with E-state index < -0.39 is 5.97 Å². The molecule has 0 amide bonds. The lowest BCUT2D eigenvalue weighted by Crippen LogP contribution is -1.99. The van der Waals surface area contributed by atoms with Gasteiger partial charge >= 0.3 is 5.97 Å². The van der Waals surface area contributed by atoms with Gasteiger partial charge in [-0.3, -0.25) is 4.79 Å². The Labute approximate surface area is 73.0 Å². The van der Waals surface area contributed by atoms with Gasteiger partial charge in [0.05, 0.1) is 18.6 Å². The molecule has 1 rings (SSSR count). The molecule has 6 nitrogen and oxygen atoms in total. The number of aromatic nitrogens is 4. The number of hydrogen-bond acceptors (Lipinski definition) is 5. The summed E-state index contributed by atoms with van der Waals surface area (Å²) in [6.45, 7) is 0. The topological polar surface area (TPSA) is 80.9 Å². The summed E-state index contributed by atoms with van der Waals surface area (Å²) in [5, 5.41) is 19.5. The zero-order valence-corrected chi connectivity index (χ0v) is 7.28. The number of thioether (sulfide) groups is 1. The third-order valence-corrected chi connectivity index (χ3v) is 1.92. The fraction of sp³-hybridized carbons (Fsp3) is 0.600. The molecule has 7 heteroatoms. The summed E-state index contributed by atoms with van der Waals surface area (Å²) in [4.78, 5) is 11.5. The van der Waals surface area contributed by atoms with Gasteiger partial charge in [0.2, 0.25) is 0 Å². The predicted octanol–water partition coefficient (Wildman–Crippen LogP) is -0.472. The molecule has 0 saturated heterocycles. The third kappa shape index (κ3) is 2.87. The van der Waals surface area contributed by atoms with Crippen molar-refractivity contribution in [2.75, 3.05) is 5.75 Å². The normalized spacial score (nSPS) is 10.1. The second kappa shape index (κ2) is 4.05. The maximum absolute atomic E-state index is 10.1. The summed E-state index contributed by atoms with van der Waals surface area (Å²) in [6.07, 6.45) is 0. The van der Waals surface area contributed by atoms with Crippen LogP contribution in [-0.2, 0) is 17.6 Å². The first-order chi connectivity index (χ1) is 5.68. The molecule has 0 atom stereocenters. The molecule has 0 aliphatic rings. The molecule has 12 heavy (non-hydrogen) atoms. The summed E-state index contributed by atoms with van der Waals surface area (Å²) in [5.74, 6) is 0.283. The molecule has 66 valence electrons. The van der Waals surface area contributed by atoms with Crippen LogP contribution in [0.2, 0.25) is 0 Å². The fourth-order valence-corrected chi connectivity index (χ4v) is 1.19. The van der Waals surface area contributed by atoms with Gasteiger partial charge in [-0.2, -0.15) is 4.80 Å². The molecule has 0 fully saturated rings. The molecule has 0 aliphatic carbocycles. The molecule has 1 aromatic heterocycles. The minimum atomic E-state index is -0.830. The van der Waals surface area contributed by atoms with E-state index in [1.165, 1.54) is 16.6 Å².